The molecule has 4 nitrogen and oxygen atoms in total. The lowest BCUT2D eigenvalue weighted by Gasteiger charge is -2.09. The molecule has 0 unspecified atom stereocenters. The molecule has 1 aromatic carbocycles. The standard InChI is InChI=1S/C17H18N2O2/c1-3-14(11-17(20)13-5-4-10-18-12-13)19-15-6-8-16(21-2)9-7-15/h4-12,19H,3H2,1-2H3. The van der Waals surface area contributed by atoms with Gasteiger partial charge in [0.25, 0.3) is 0 Å². The van der Waals surface area contributed by atoms with Crippen LogP contribution in [0.3, 0.4) is 0 Å². The number of carbonyl (C=O) groups is 1. The number of anilines is 1. The molecule has 1 heterocycles. The van der Waals surface area contributed by atoms with Crippen LogP contribution in [0.4, 0.5) is 5.69 Å². The summed E-state index contributed by atoms with van der Waals surface area (Å²) < 4.78 is 5.12. The van der Waals surface area contributed by atoms with E-state index in [1.165, 1.54) is 0 Å². The summed E-state index contributed by atoms with van der Waals surface area (Å²) in [4.78, 5) is 16.1. The number of aromatic nitrogens is 1. The molecule has 0 fully saturated rings. The van der Waals surface area contributed by atoms with E-state index in [1.54, 1.807) is 37.7 Å². The van der Waals surface area contributed by atoms with Gasteiger partial charge in [-0.05, 0) is 42.8 Å². The van der Waals surface area contributed by atoms with E-state index in [9.17, 15) is 4.79 Å². The van der Waals surface area contributed by atoms with Gasteiger partial charge in [0.2, 0.25) is 0 Å². The van der Waals surface area contributed by atoms with E-state index in [2.05, 4.69) is 10.3 Å². The summed E-state index contributed by atoms with van der Waals surface area (Å²) >= 11 is 0. The van der Waals surface area contributed by atoms with Crippen molar-refractivity contribution in [2.75, 3.05) is 12.4 Å². The molecule has 108 valence electrons. The second-order valence-corrected chi connectivity index (χ2v) is 4.48. The number of nitrogens with one attached hydrogen (secondary N) is 1. The summed E-state index contributed by atoms with van der Waals surface area (Å²) in [6.07, 6.45) is 5.57. The predicted octanol–water partition coefficient (Wildman–Crippen LogP) is 3.68. The first kappa shape index (κ1) is 14.8. The second-order valence-electron chi connectivity index (χ2n) is 4.48. The van der Waals surface area contributed by atoms with Crippen molar-refractivity contribution in [3.8, 4) is 5.75 Å². The molecule has 0 spiro atoms. The molecular formula is C17H18N2O2. The lowest BCUT2D eigenvalue weighted by molar-refractivity contribution is 0.104. The van der Waals surface area contributed by atoms with Crippen LogP contribution in [0.2, 0.25) is 0 Å². The quantitative estimate of drug-likeness (QED) is 0.648. The van der Waals surface area contributed by atoms with Gasteiger partial charge >= 0.3 is 0 Å². The van der Waals surface area contributed by atoms with Crippen molar-refractivity contribution in [3.63, 3.8) is 0 Å². The Morgan fingerprint density at radius 1 is 1.29 bits per heavy atom. The number of pyridine rings is 1. The highest BCUT2D eigenvalue weighted by atomic mass is 16.5. The molecule has 2 aromatic rings. The van der Waals surface area contributed by atoms with Gasteiger partial charge in [-0.1, -0.05) is 6.92 Å². The second kappa shape index (κ2) is 7.24. The van der Waals surface area contributed by atoms with Gasteiger partial charge in [-0.25, -0.2) is 0 Å². The zero-order valence-corrected chi connectivity index (χ0v) is 12.2. The summed E-state index contributed by atoms with van der Waals surface area (Å²) in [6, 6.07) is 11.1. The smallest absolute Gasteiger partial charge is 0.189 e. The predicted molar refractivity (Wildman–Crippen MR) is 83.6 cm³/mol. The Morgan fingerprint density at radius 2 is 2.05 bits per heavy atom. The number of nitrogens with zero attached hydrogens (tertiary/aromatic N) is 1. The highest BCUT2D eigenvalue weighted by Crippen LogP contribution is 2.17. The molecule has 21 heavy (non-hydrogen) atoms. The Kier molecular flexibility index (Phi) is 5.10. The minimum Gasteiger partial charge on any atom is -0.497 e. The van der Waals surface area contributed by atoms with Crippen molar-refractivity contribution in [2.45, 2.75) is 13.3 Å². The maximum absolute atomic E-state index is 12.1. The average molecular weight is 282 g/mol. The lowest BCUT2D eigenvalue weighted by Crippen LogP contribution is -2.03. The number of benzene rings is 1. The van der Waals surface area contributed by atoms with Crippen molar-refractivity contribution < 1.29 is 9.53 Å². The molecule has 0 aliphatic carbocycles. The van der Waals surface area contributed by atoms with E-state index in [4.69, 9.17) is 4.74 Å². The molecule has 0 aliphatic rings. The van der Waals surface area contributed by atoms with Gasteiger partial charge in [0.05, 0.1) is 7.11 Å². The highest BCUT2D eigenvalue weighted by Gasteiger charge is 2.04. The highest BCUT2D eigenvalue weighted by molar-refractivity contribution is 6.04. The normalized spacial score (nSPS) is 11.0. The van der Waals surface area contributed by atoms with E-state index in [0.717, 1.165) is 23.6 Å². The van der Waals surface area contributed by atoms with Crippen molar-refractivity contribution in [3.05, 3.63) is 66.1 Å². The number of allylic oxidation sites excluding steroid dienone is 2. The van der Waals surface area contributed by atoms with Crippen LogP contribution >= 0.6 is 0 Å². The number of carbonyl (C=O) groups excluding carboxylic acids is 1. The van der Waals surface area contributed by atoms with Crippen LogP contribution in [0.15, 0.2) is 60.6 Å². The molecule has 0 amide bonds. The molecule has 1 aromatic heterocycles. The largest absolute Gasteiger partial charge is 0.497 e. The minimum atomic E-state index is -0.0547. The molecule has 0 radical (unpaired) electrons. The van der Waals surface area contributed by atoms with Gasteiger partial charge in [0, 0.05) is 35.4 Å². The first-order valence-electron chi connectivity index (χ1n) is 6.79. The Morgan fingerprint density at radius 3 is 2.62 bits per heavy atom. The molecular weight excluding hydrogens is 264 g/mol. The molecule has 0 bridgehead atoms. The van der Waals surface area contributed by atoms with Crippen LogP contribution in [0.1, 0.15) is 23.7 Å². The van der Waals surface area contributed by atoms with E-state index < -0.39 is 0 Å². The van der Waals surface area contributed by atoms with E-state index in [-0.39, 0.29) is 5.78 Å². The fourth-order valence-electron chi connectivity index (χ4n) is 1.84. The molecule has 0 saturated carbocycles. The Balaban J connectivity index is 2.11. The van der Waals surface area contributed by atoms with Gasteiger partial charge in [-0.3, -0.25) is 9.78 Å². The minimum absolute atomic E-state index is 0.0547. The van der Waals surface area contributed by atoms with Crippen LogP contribution in [0.5, 0.6) is 5.75 Å². The monoisotopic (exact) mass is 282 g/mol. The summed E-state index contributed by atoms with van der Waals surface area (Å²) in [6.45, 7) is 2.00. The fourth-order valence-corrected chi connectivity index (χ4v) is 1.84. The first-order chi connectivity index (χ1) is 10.2. The van der Waals surface area contributed by atoms with E-state index >= 15 is 0 Å². The molecule has 0 aliphatic heterocycles. The SMILES string of the molecule is CCC(=CC(=O)c1cccnc1)Nc1ccc(OC)cc1. The average Bonchev–Trinajstić information content (AvgIpc) is 2.55. The van der Waals surface area contributed by atoms with Crippen molar-refractivity contribution in [2.24, 2.45) is 0 Å². The van der Waals surface area contributed by atoms with Crippen molar-refractivity contribution in [1.29, 1.82) is 0 Å². The Labute approximate surface area is 124 Å². The number of ether oxygens (including phenoxy) is 1. The number of hydrogen-bond acceptors (Lipinski definition) is 4. The van der Waals surface area contributed by atoms with Crippen LogP contribution < -0.4 is 10.1 Å². The van der Waals surface area contributed by atoms with Crippen LogP contribution in [-0.2, 0) is 0 Å². The third-order valence-electron chi connectivity index (χ3n) is 3.03. The van der Waals surface area contributed by atoms with Crippen LogP contribution in [-0.4, -0.2) is 17.9 Å². The van der Waals surface area contributed by atoms with Gasteiger partial charge in [0.15, 0.2) is 5.78 Å². The third kappa shape index (κ3) is 4.18. The van der Waals surface area contributed by atoms with Gasteiger partial charge in [-0.15, -0.1) is 0 Å². The molecule has 0 atom stereocenters. The van der Waals surface area contributed by atoms with Gasteiger partial charge < -0.3 is 10.1 Å². The van der Waals surface area contributed by atoms with Crippen LogP contribution in [0, 0.1) is 0 Å². The maximum atomic E-state index is 12.1. The summed E-state index contributed by atoms with van der Waals surface area (Å²) in [7, 11) is 1.63. The summed E-state index contributed by atoms with van der Waals surface area (Å²) in [5.74, 6) is 0.745. The zero-order chi connectivity index (χ0) is 15.1. The molecule has 4 heteroatoms. The molecule has 2 rings (SSSR count). The summed E-state index contributed by atoms with van der Waals surface area (Å²) in [5.41, 5.74) is 2.36. The molecule has 1 N–H and O–H groups in total. The number of rotatable bonds is 6. The van der Waals surface area contributed by atoms with Crippen molar-refractivity contribution >= 4 is 11.5 Å². The lowest BCUT2D eigenvalue weighted by atomic mass is 10.1. The third-order valence-corrected chi connectivity index (χ3v) is 3.03. The maximum Gasteiger partial charge on any atom is 0.189 e. The zero-order valence-electron chi connectivity index (χ0n) is 12.2. The number of methoxy groups -OCH3 is 1. The number of hydrogen-bond donors (Lipinski definition) is 1. The molecule has 0 saturated heterocycles. The van der Waals surface area contributed by atoms with Gasteiger partial charge in [0.1, 0.15) is 5.75 Å². The summed E-state index contributed by atoms with van der Waals surface area (Å²) in [5, 5.41) is 3.24. The van der Waals surface area contributed by atoms with E-state index in [1.807, 2.05) is 31.2 Å². The first-order valence-corrected chi connectivity index (χ1v) is 6.79. The van der Waals surface area contributed by atoms with Crippen LogP contribution in [0.25, 0.3) is 0 Å². The van der Waals surface area contributed by atoms with Crippen molar-refractivity contribution in [1.82, 2.24) is 4.98 Å². The van der Waals surface area contributed by atoms with E-state index in [0.29, 0.717) is 5.56 Å². The number of ketones is 1. The van der Waals surface area contributed by atoms with Gasteiger partial charge in [-0.2, -0.15) is 0 Å². The fraction of sp³-hybridized carbons (Fsp3) is 0.176. The Bertz CT molecular complexity index is 619. The Hall–Kier alpha value is -2.62. The topological polar surface area (TPSA) is 51.2 Å².